The smallest absolute Gasteiger partial charge is 0.194 e. The van der Waals surface area contributed by atoms with Gasteiger partial charge in [0.05, 0.1) is 19.3 Å². The van der Waals surface area contributed by atoms with Crippen LogP contribution in [-0.4, -0.2) is 68.7 Å². The highest BCUT2D eigenvalue weighted by molar-refractivity contribution is 5.79. The minimum Gasteiger partial charge on any atom is -0.374 e. The second-order valence-electron chi connectivity index (χ2n) is 6.48. The summed E-state index contributed by atoms with van der Waals surface area (Å²) in [7, 11) is 4.22. The number of nitrogens with zero attached hydrogens (tertiary/aromatic N) is 3. The van der Waals surface area contributed by atoms with Crippen molar-refractivity contribution in [1.29, 1.82) is 0 Å². The van der Waals surface area contributed by atoms with Crippen LogP contribution in [0.4, 0.5) is 0 Å². The van der Waals surface area contributed by atoms with Gasteiger partial charge in [0.15, 0.2) is 5.96 Å². The molecule has 0 saturated carbocycles. The molecule has 134 valence electrons. The van der Waals surface area contributed by atoms with Crippen LogP contribution in [0.3, 0.4) is 0 Å². The molecule has 0 spiro atoms. The number of likely N-dealkylation sites (N-methyl/N-ethyl adjacent to an activating group) is 1. The quantitative estimate of drug-likeness (QED) is 0.639. The normalized spacial score (nSPS) is 19.3. The van der Waals surface area contributed by atoms with Crippen LogP contribution in [0, 0.1) is 0 Å². The average molecular weight is 332 g/mol. The summed E-state index contributed by atoms with van der Waals surface area (Å²) in [5.41, 5.74) is 2.68. The summed E-state index contributed by atoms with van der Waals surface area (Å²) in [5, 5.41) is 3.38. The molecular weight excluding hydrogens is 300 g/mol. The Morgan fingerprint density at radius 1 is 1.29 bits per heavy atom. The van der Waals surface area contributed by atoms with Gasteiger partial charge in [-0.1, -0.05) is 31.2 Å². The lowest BCUT2D eigenvalue weighted by Crippen LogP contribution is -2.43. The van der Waals surface area contributed by atoms with Crippen molar-refractivity contribution in [2.75, 3.05) is 46.9 Å². The van der Waals surface area contributed by atoms with Crippen molar-refractivity contribution in [3.8, 4) is 0 Å². The summed E-state index contributed by atoms with van der Waals surface area (Å²) >= 11 is 0. The summed E-state index contributed by atoms with van der Waals surface area (Å²) in [4.78, 5) is 9.26. The average Bonchev–Trinajstić information content (AvgIpc) is 2.59. The molecule has 1 aliphatic heterocycles. The van der Waals surface area contributed by atoms with Crippen molar-refractivity contribution in [2.24, 2.45) is 4.99 Å². The zero-order valence-corrected chi connectivity index (χ0v) is 15.6. The fraction of sp³-hybridized carbons (Fsp3) is 0.632. The Balaban J connectivity index is 1.95. The zero-order valence-electron chi connectivity index (χ0n) is 15.6. The Hall–Kier alpha value is -1.59. The Labute approximate surface area is 146 Å². The second kappa shape index (κ2) is 9.64. The molecule has 1 aromatic carbocycles. The van der Waals surface area contributed by atoms with Crippen molar-refractivity contribution < 1.29 is 4.74 Å². The van der Waals surface area contributed by atoms with Crippen molar-refractivity contribution in [3.05, 3.63) is 35.4 Å². The van der Waals surface area contributed by atoms with Gasteiger partial charge in [0.2, 0.25) is 0 Å². The van der Waals surface area contributed by atoms with E-state index in [0.717, 1.165) is 45.2 Å². The molecule has 5 nitrogen and oxygen atoms in total. The lowest BCUT2D eigenvalue weighted by molar-refractivity contribution is -0.0137. The van der Waals surface area contributed by atoms with Gasteiger partial charge >= 0.3 is 0 Å². The van der Waals surface area contributed by atoms with E-state index < -0.39 is 0 Å². The Kier molecular flexibility index (Phi) is 7.53. The van der Waals surface area contributed by atoms with Gasteiger partial charge in [-0.05, 0) is 31.5 Å². The highest BCUT2D eigenvalue weighted by atomic mass is 16.5. The molecule has 1 aromatic rings. The minimum absolute atomic E-state index is 0.189. The van der Waals surface area contributed by atoms with E-state index in [1.807, 2.05) is 0 Å². The van der Waals surface area contributed by atoms with Gasteiger partial charge < -0.3 is 19.9 Å². The first kappa shape index (κ1) is 18.7. The van der Waals surface area contributed by atoms with E-state index in [4.69, 9.17) is 9.73 Å². The van der Waals surface area contributed by atoms with E-state index >= 15 is 0 Å². The fourth-order valence-corrected chi connectivity index (χ4v) is 2.86. The first-order chi connectivity index (χ1) is 11.6. The van der Waals surface area contributed by atoms with Crippen LogP contribution in [0.5, 0.6) is 0 Å². The maximum atomic E-state index is 5.81. The fourth-order valence-electron chi connectivity index (χ4n) is 2.86. The number of guanidine groups is 1. The zero-order chi connectivity index (χ0) is 17.4. The largest absolute Gasteiger partial charge is 0.374 e. The predicted molar refractivity (Wildman–Crippen MR) is 101 cm³/mol. The molecule has 0 bridgehead atoms. The molecule has 0 radical (unpaired) electrons. The summed E-state index contributed by atoms with van der Waals surface area (Å²) in [6.45, 7) is 9.45. The third-order valence-corrected chi connectivity index (χ3v) is 4.33. The van der Waals surface area contributed by atoms with Crippen LogP contribution < -0.4 is 5.32 Å². The number of hydrogen-bond acceptors (Lipinski definition) is 3. The monoisotopic (exact) mass is 332 g/mol. The first-order valence-corrected chi connectivity index (χ1v) is 8.99. The van der Waals surface area contributed by atoms with E-state index in [1.165, 1.54) is 11.1 Å². The number of rotatable bonds is 6. The predicted octanol–water partition coefficient (Wildman–Crippen LogP) is 1.98. The van der Waals surface area contributed by atoms with Gasteiger partial charge in [-0.15, -0.1) is 0 Å². The molecule has 0 aromatic heterocycles. The van der Waals surface area contributed by atoms with Crippen LogP contribution in [-0.2, 0) is 17.7 Å². The van der Waals surface area contributed by atoms with Crippen LogP contribution in [0.25, 0.3) is 0 Å². The molecule has 24 heavy (non-hydrogen) atoms. The second-order valence-corrected chi connectivity index (χ2v) is 6.48. The number of ether oxygens (including phenoxy) is 1. The molecule has 1 unspecified atom stereocenters. The molecule has 1 saturated heterocycles. The van der Waals surface area contributed by atoms with E-state index in [2.05, 4.69) is 67.3 Å². The molecule has 1 heterocycles. The van der Waals surface area contributed by atoms with Crippen molar-refractivity contribution in [2.45, 2.75) is 32.9 Å². The number of aliphatic imine (C=N–C) groups is 1. The van der Waals surface area contributed by atoms with Gasteiger partial charge in [0.25, 0.3) is 0 Å². The summed E-state index contributed by atoms with van der Waals surface area (Å²) < 4.78 is 5.81. The Morgan fingerprint density at radius 2 is 2.00 bits per heavy atom. The molecule has 1 fully saturated rings. The summed E-state index contributed by atoms with van der Waals surface area (Å²) in [6, 6.07) is 8.83. The molecule has 2 rings (SSSR count). The third-order valence-electron chi connectivity index (χ3n) is 4.33. The molecular formula is C19H32N4O. The minimum atomic E-state index is 0.189. The van der Waals surface area contributed by atoms with Gasteiger partial charge in [0.1, 0.15) is 0 Å². The highest BCUT2D eigenvalue weighted by Crippen LogP contribution is 2.08. The number of aryl methyl sites for hydroxylation is 1. The van der Waals surface area contributed by atoms with Gasteiger partial charge in [-0.25, -0.2) is 0 Å². The SMILES string of the molecule is CCNC(=NCC1CN(C)CCO1)N(C)Cc1ccc(CC)cc1. The molecule has 1 N–H and O–H groups in total. The third kappa shape index (κ3) is 5.80. The standard InChI is InChI=1S/C19H32N4O/c1-5-16-7-9-17(10-8-16)14-23(4)19(20-6-2)21-13-18-15-22(3)11-12-24-18/h7-10,18H,5-6,11-15H2,1-4H3,(H,20,21). The van der Waals surface area contributed by atoms with Crippen molar-refractivity contribution >= 4 is 5.96 Å². The van der Waals surface area contributed by atoms with Gasteiger partial charge in [-0.3, -0.25) is 4.99 Å². The maximum absolute atomic E-state index is 5.81. The number of nitrogens with one attached hydrogen (secondary N) is 1. The lowest BCUT2D eigenvalue weighted by atomic mass is 10.1. The van der Waals surface area contributed by atoms with Gasteiger partial charge in [-0.2, -0.15) is 0 Å². The van der Waals surface area contributed by atoms with E-state index in [9.17, 15) is 0 Å². The molecule has 1 atom stereocenters. The van der Waals surface area contributed by atoms with E-state index in [0.29, 0.717) is 6.54 Å². The number of benzene rings is 1. The van der Waals surface area contributed by atoms with Crippen molar-refractivity contribution in [1.82, 2.24) is 15.1 Å². The molecule has 0 amide bonds. The Morgan fingerprint density at radius 3 is 2.62 bits per heavy atom. The maximum Gasteiger partial charge on any atom is 0.194 e. The summed E-state index contributed by atoms with van der Waals surface area (Å²) in [6.07, 6.45) is 1.27. The highest BCUT2D eigenvalue weighted by Gasteiger charge is 2.17. The topological polar surface area (TPSA) is 40.1 Å². The first-order valence-electron chi connectivity index (χ1n) is 8.99. The van der Waals surface area contributed by atoms with Gasteiger partial charge in [0, 0.05) is 33.2 Å². The van der Waals surface area contributed by atoms with Crippen LogP contribution >= 0.6 is 0 Å². The van der Waals surface area contributed by atoms with Crippen LogP contribution in [0.1, 0.15) is 25.0 Å². The number of morpholine rings is 1. The molecule has 1 aliphatic rings. The van der Waals surface area contributed by atoms with E-state index in [1.54, 1.807) is 0 Å². The molecule has 5 heteroatoms. The van der Waals surface area contributed by atoms with Crippen LogP contribution in [0.15, 0.2) is 29.3 Å². The van der Waals surface area contributed by atoms with Crippen LogP contribution in [0.2, 0.25) is 0 Å². The Bertz CT molecular complexity index is 515. The summed E-state index contributed by atoms with van der Waals surface area (Å²) in [5.74, 6) is 0.939. The lowest BCUT2D eigenvalue weighted by Gasteiger charge is -2.29. The molecule has 0 aliphatic carbocycles. The van der Waals surface area contributed by atoms with E-state index in [-0.39, 0.29) is 6.10 Å². The number of hydrogen-bond donors (Lipinski definition) is 1. The van der Waals surface area contributed by atoms with Crippen molar-refractivity contribution in [3.63, 3.8) is 0 Å².